The molecule has 154 valence electrons. The SMILES string of the molecule is CC(C)CS(=O)(=O)c1oc(-c2ccccc2)nc1S(=O)(=O)c1ccc(F)c(F)c1. The van der Waals surface area contributed by atoms with E-state index in [1.807, 2.05) is 0 Å². The lowest BCUT2D eigenvalue weighted by atomic mass is 10.2. The van der Waals surface area contributed by atoms with Crippen LogP contribution in [0, 0.1) is 17.6 Å². The normalized spacial score (nSPS) is 12.4. The van der Waals surface area contributed by atoms with Crippen LogP contribution in [0.1, 0.15) is 13.8 Å². The van der Waals surface area contributed by atoms with Crippen molar-refractivity contribution in [1.29, 1.82) is 0 Å². The Kier molecular flexibility index (Phi) is 5.59. The monoisotopic (exact) mass is 441 g/mol. The Morgan fingerprint density at radius 2 is 1.62 bits per heavy atom. The molecule has 1 heterocycles. The molecule has 0 aliphatic carbocycles. The van der Waals surface area contributed by atoms with E-state index in [9.17, 15) is 25.6 Å². The fourth-order valence-electron chi connectivity index (χ4n) is 2.63. The Balaban J connectivity index is 2.26. The number of oxazole rings is 1. The van der Waals surface area contributed by atoms with Crippen molar-refractivity contribution in [3.05, 3.63) is 60.2 Å². The van der Waals surface area contributed by atoms with Gasteiger partial charge in [-0.3, -0.25) is 0 Å². The van der Waals surface area contributed by atoms with Gasteiger partial charge in [0.15, 0.2) is 11.6 Å². The zero-order valence-electron chi connectivity index (χ0n) is 15.5. The van der Waals surface area contributed by atoms with Crippen LogP contribution < -0.4 is 0 Å². The number of aromatic nitrogens is 1. The summed E-state index contributed by atoms with van der Waals surface area (Å²) in [5.41, 5.74) is 0.361. The Labute approximate surface area is 167 Å². The maximum atomic E-state index is 13.6. The Morgan fingerprint density at radius 3 is 2.21 bits per heavy atom. The third-order valence-electron chi connectivity index (χ3n) is 3.88. The molecule has 0 aliphatic heterocycles. The quantitative estimate of drug-likeness (QED) is 0.539. The van der Waals surface area contributed by atoms with Gasteiger partial charge in [-0.15, -0.1) is 0 Å². The minimum absolute atomic E-state index is 0.214. The van der Waals surface area contributed by atoms with E-state index >= 15 is 0 Å². The van der Waals surface area contributed by atoms with Crippen LogP contribution in [0.25, 0.3) is 11.5 Å². The van der Waals surface area contributed by atoms with E-state index < -0.39 is 46.3 Å². The first-order chi connectivity index (χ1) is 13.5. The second-order valence-corrected chi connectivity index (χ2v) is 10.5. The van der Waals surface area contributed by atoms with Crippen LogP contribution in [0.15, 0.2) is 68.0 Å². The molecule has 10 heteroatoms. The fourth-order valence-corrected chi connectivity index (χ4v) is 6.08. The molecule has 0 unspecified atom stereocenters. The van der Waals surface area contributed by atoms with Crippen molar-refractivity contribution >= 4 is 19.7 Å². The van der Waals surface area contributed by atoms with Crippen LogP contribution in [-0.4, -0.2) is 27.6 Å². The first-order valence-electron chi connectivity index (χ1n) is 8.51. The standard InChI is InChI=1S/C19H17F2NO5S2/c1-12(2)11-28(23,24)19-18(22-17(27-19)13-6-4-3-5-7-13)29(25,26)14-8-9-15(20)16(21)10-14/h3-10,12H,11H2,1-2H3. The van der Waals surface area contributed by atoms with Crippen LogP contribution >= 0.6 is 0 Å². The predicted molar refractivity (Wildman–Crippen MR) is 101 cm³/mol. The van der Waals surface area contributed by atoms with E-state index in [-0.39, 0.29) is 17.6 Å². The molecule has 6 nitrogen and oxygen atoms in total. The lowest BCUT2D eigenvalue weighted by molar-refractivity contribution is 0.442. The molecule has 0 N–H and O–H groups in total. The third kappa shape index (κ3) is 4.23. The van der Waals surface area contributed by atoms with Crippen LogP contribution in [-0.2, 0) is 19.7 Å². The first-order valence-corrected chi connectivity index (χ1v) is 11.6. The minimum atomic E-state index is -4.61. The second kappa shape index (κ2) is 7.68. The number of halogens is 2. The molecule has 0 radical (unpaired) electrons. The van der Waals surface area contributed by atoms with E-state index in [2.05, 4.69) is 4.98 Å². The molecule has 0 spiro atoms. The van der Waals surface area contributed by atoms with Crippen molar-refractivity contribution in [2.45, 2.75) is 28.9 Å². The van der Waals surface area contributed by atoms with Crippen LogP contribution in [0.2, 0.25) is 0 Å². The smallest absolute Gasteiger partial charge is 0.258 e. The fraction of sp³-hybridized carbons (Fsp3) is 0.211. The van der Waals surface area contributed by atoms with Gasteiger partial charge in [0.05, 0.1) is 10.6 Å². The van der Waals surface area contributed by atoms with Crippen molar-refractivity contribution < 1.29 is 30.0 Å². The van der Waals surface area contributed by atoms with E-state index in [0.717, 1.165) is 6.07 Å². The van der Waals surface area contributed by atoms with Crippen LogP contribution in [0.3, 0.4) is 0 Å². The van der Waals surface area contributed by atoms with Gasteiger partial charge in [0.2, 0.25) is 30.6 Å². The zero-order chi connectivity index (χ0) is 21.4. The number of rotatable bonds is 6. The maximum absolute atomic E-state index is 13.6. The summed E-state index contributed by atoms with van der Waals surface area (Å²) >= 11 is 0. The Bertz CT molecular complexity index is 1250. The average Bonchev–Trinajstić information content (AvgIpc) is 3.11. The Morgan fingerprint density at radius 1 is 0.966 bits per heavy atom. The number of sulfone groups is 2. The minimum Gasteiger partial charge on any atom is -0.423 e. The number of hydrogen-bond donors (Lipinski definition) is 0. The van der Waals surface area contributed by atoms with Gasteiger partial charge in [-0.25, -0.2) is 25.6 Å². The third-order valence-corrected chi connectivity index (χ3v) is 7.62. The van der Waals surface area contributed by atoms with Gasteiger partial charge in [-0.2, -0.15) is 4.98 Å². The molecule has 0 atom stereocenters. The molecule has 3 rings (SSSR count). The van der Waals surface area contributed by atoms with Gasteiger partial charge in [-0.1, -0.05) is 32.0 Å². The first kappa shape index (κ1) is 21.1. The maximum Gasteiger partial charge on any atom is 0.258 e. The molecule has 1 aromatic heterocycles. The molecule has 0 aliphatic rings. The van der Waals surface area contributed by atoms with Gasteiger partial charge in [0.25, 0.3) is 5.09 Å². The molecular formula is C19H17F2NO5S2. The van der Waals surface area contributed by atoms with Gasteiger partial charge in [-0.05, 0) is 36.2 Å². The van der Waals surface area contributed by atoms with Crippen LogP contribution in [0.4, 0.5) is 8.78 Å². The highest BCUT2D eigenvalue weighted by molar-refractivity contribution is 7.94. The largest absolute Gasteiger partial charge is 0.423 e. The van der Waals surface area contributed by atoms with Gasteiger partial charge < -0.3 is 4.42 Å². The Hall–Kier alpha value is -2.59. The summed E-state index contributed by atoms with van der Waals surface area (Å²) in [6.07, 6.45) is 0. The molecule has 3 aromatic rings. The van der Waals surface area contributed by atoms with Crippen LogP contribution in [0.5, 0.6) is 0 Å². The highest BCUT2D eigenvalue weighted by Crippen LogP contribution is 2.33. The van der Waals surface area contributed by atoms with Crippen molar-refractivity contribution in [2.75, 3.05) is 5.75 Å². The highest BCUT2D eigenvalue weighted by atomic mass is 32.2. The van der Waals surface area contributed by atoms with Gasteiger partial charge in [0.1, 0.15) is 0 Å². The number of benzene rings is 2. The molecule has 0 saturated heterocycles. The molecule has 0 amide bonds. The van der Waals surface area contributed by atoms with Gasteiger partial charge >= 0.3 is 0 Å². The molecule has 0 bridgehead atoms. The highest BCUT2D eigenvalue weighted by Gasteiger charge is 2.36. The summed E-state index contributed by atoms with van der Waals surface area (Å²) in [4.78, 5) is 3.27. The summed E-state index contributed by atoms with van der Waals surface area (Å²) in [5.74, 6) is -3.53. The van der Waals surface area contributed by atoms with E-state index in [1.54, 1.807) is 44.2 Å². The lowest BCUT2D eigenvalue weighted by Gasteiger charge is -2.07. The van der Waals surface area contributed by atoms with Crippen molar-refractivity contribution in [2.24, 2.45) is 5.92 Å². The lowest BCUT2D eigenvalue weighted by Crippen LogP contribution is -2.15. The number of nitrogens with zero attached hydrogens (tertiary/aromatic N) is 1. The van der Waals surface area contributed by atoms with E-state index in [0.29, 0.717) is 17.7 Å². The topological polar surface area (TPSA) is 94.3 Å². The molecule has 29 heavy (non-hydrogen) atoms. The summed E-state index contributed by atoms with van der Waals surface area (Å²) in [5, 5.41) is -1.68. The second-order valence-electron chi connectivity index (χ2n) is 6.73. The van der Waals surface area contributed by atoms with Crippen molar-refractivity contribution in [3.63, 3.8) is 0 Å². The van der Waals surface area contributed by atoms with Crippen molar-refractivity contribution in [3.8, 4) is 11.5 Å². The summed E-state index contributed by atoms with van der Waals surface area (Å²) < 4.78 is 83.8. The van der Waals surface area contributed by atoms with E-state index in [1.165, 1.54) is 0 Å². The summed E-state index contributed by atoms with van der Waals surface area (Å²) in [7, 11) is -8.77. The van der Waals surface area contributed by atoms with E-state index in [4.69, 9.17) is 4.42 Å². The van der Waals surface area contributed by atoms with Crippen molar-refractivity contribution in [1.82, 2.24) is 4.98 Å². The molecule has 2 aromatic carbocycles. The zero-order valence-corrected chi connectivity index (χ0v) is 17.1. The predicted octanol–water partition coefficient (Wildman–Crippen LogP) is 3.88. The molecule has 0 fully saturated rings. The summed E-state index contributed by atoms with van der Waals surface area (Å²) in [6, 6.07) is 10.1. The van der Waals surface area contributed by atoms with Gasteiger partial charge in [0, 0.05) is 5.56 Å². The average molecular weight is 441 g/mol. The molecule has 0 saturated carbocycles. The number of hydrogen-bond acceptors (Lipinski definition) is 6. The molecular weight excluding hydrogens is 424 g/mol. The summed E-state index contributed by atoms with van der Waals surface area (Å²) in [6.45, 7) is 3.30.